The Balaban J connectivity index is 2.10. The van der Waals surface area contributed by atoms with Crippen molar-refractivity contribution in [3.63, 3.8) is 0 Å². The van der Waals surface area contributed by atoms with Gasteiger partial charge in [-0.15, -0.1) is 0 Å². The van der Waals surface area contributed by atoms with Crippen LogP contribution >= 0.6 is 11.6 Å². The minimum atomic E-state index is -5.12. The lowest BCUT2D eigenvalue weighted by atomic mass is 9.77. The van der Waals surface area contributed by atoms with E-state index in [-0.39, 0.29) is 27.4 Å². The first-order valence-electron chi connectivity index (χ1n) is 9.70. The summed E-state index contributed by atoms with van der Waals surface area (Å²) in [5.41, 5.74) is -5.37. The molecule has 2 aromatic carbocycles. The molecule has 3 rings (SSSR count). The summed E-state index contributed by atoms with van der Waals surface area (Å²) in [6.07, 6.45) is -5.12. The predicted molar refractivity (Wildman–Crippen MR) is 114 cm³/mol. The normalized spacial score (nSPS) is 15.3. The van der Waals surface area contributed by atoms with E-state index < -0.39 is 40.6 Å². The van der Waals surface area contributed by atoms with Crippen LogP contribution in [0.3, 0.4) is 0 Å². The van der Waals surface area contributed by atoms with Gasteiger partial charge >= 0.3 is 17.9 Å². The number of hydrogen-bond donors (Lipinski definition) is 2. The van der Waals surface area contributed by atoms with Gasteiger partial charge in [0.05, 0.1) is 5.52 Å². The lowest BCUT2D eigenvalue weighted by Gasteiger charge is -2.37. The van der Waals surface area contributed by atoms with Gasteiger partial charge in [-0.1, -0.05) is 30.7 Å². The second kappa shape index (κ2) is 8.11. The average molecular weight is 488 g/mol. The Morgan fingerprint density at radius 3 is 2.36 bits per heavy atom. The molecule has 0 saturated heterocycles. The van der Waals surface area contributed by atoms with Gasteiger partial charge in [0.1, 0.15) is 5.75 Å². The zero-order chi connectivity index (χ0) is 24.9. The van der Waals surface area contributed by atoms with Crippen LogP contribution in [-0.2, 0) is 17.4 Å². The molecule has 1 heterocycles. The number of nitrogens with zero attached hydrogens (tertiary/aromatic N) is 1. The number of fused-ring (bicyclic) bond motifs is 1. The summed E-state index contributed by atoms with van der Waals surface area (Å²) in [5.74, 6) is -3.55. The lowest BCUT2D eigenvalue weighted by Crippen LogP contribution is -2.46. The molecule has 7 nitrogen and oxygen atoms in total. The van der Waals surface area contributed by atoms with Gasteiger partial charge in [0.15, 0.2) is 16.8 Å². The SMILES string of the molecule is C[C@H](c1ccc(OC(C)(C)C(=O)O)cc1Cl)[C@@](O)(c1ccc2oc(=O)n(C)c2c1)C(F)(F)F. The number of halogens is 4. The number of benzene rings is 2. The molecule has 0 saturated carbocycles. The quantitative estimate of drug-likeness (QED) is 0.527. The summed E-state index contributed by atoms with van der Waals surface area (Å²) < 4.78 is 54.2. The van der Waals surface area contributed by atoms with Crippen molar-refractivity contribution >= 4 is 28.7 Å². The molecule has 0 radical (unpaired) electrons. The van der Waals surface area contributed by atoms with E-state index in [0.29, 0.717) is 0 Å². The molecule has 0 fully saturated rings. The monoisotopic (exact) mass is 487 g/mol. The smallest absolute Gasteiger partial charge is 0.422 e. The predicted octanol–water partition coefficient (Wildman–Crippen LogP) is 4.58. The van der Waals surface area contributed by atoms with Crippen molar-refractivity contribution in [2.24, 2.45) is 7.05 Å². The second-order valence-corrected chi connectivity index (χ2v) is 8.60. The number of aliphatic hydroxyl groups is 1. The Morgan fingerprint density at radius 2 is 1.82 bits per heavy atom. The van der Waals surface area contributed by atoms with E-state index in [9.17, 15) is 33.0 Å². The molecular weight excluding hydrogens is 467 g/mol. The molecule has 2 N–H and O–H groups in total. The maximum atomic E-state index is 14.3. The first kappa shape index (κ1) is 24.7. The Morgan fingerprint density at radius 1 is 1.18 bits per heavy atom. The van der Waals surface area contributed by atoms with Gasteiger partial charge < -0.3 is 19.4 Å². The molecule has 0 bridgehead atoms. The van der Waals surface area contributed by atoms with Crippen LogP contribution in [-0.4, -0.2) is 32.5 Å². The standard InChI is InChI=1S/C22H21ClF3NO6/c1-11(14-7-6-13(10-15(14)23)33-20(2,3)18(28)29)21(31,22(24,25)26)12-5-8-17-16(9-12)27(4)19(30)32-17/h5-11,31H,1-4H3,(H,28,29)/t11-,21-/m1/s1. The minimum absolute atomic E-state index is 0.0358. The van der Waals surface area contributed by atoms with Crippen molar-refractivity contribution in [2.75, 3.05) is 0 Å². The molecule has 11 heteroatoms. The van der Waals surface area contributed by atoms with E-state index in [1.54, 1.807) is 0 Å². The van der Waals surface area contributed by atoms with Gasteiger partial charge in [-0.25, -0.2) is 9.59 Å². The number of carboxylic acids is 1. The fourth-order valence-electron chi connectivity index (χ4n) is 3.51. The molecule has 3 aromatic rings. The highest BCUT2D eigenvalue weighted by Crippen LogP contribution is 2.50. The Labute approximate surface area is 191 Å². The number of oxazole rings is 1. The maximum absolute atomic E-state index is 14.3. The second-order valence-electron chi connectivity index (χ2n) is 8.20. The molecule has 0 aliphatic heterocycles. The van der Waals surface area contributed by atoms with Crippen molar-refractivity contribution < 1.29 is 37.3 Å². The Bertz CT molecular complexity index is 1280. The summed E-state index contributed by atoms with van der Waals surface area (Å²) in [5, 5.41) is 20.1. The van der Waals surface area contributed by atoms with Gasteiger partial charge in [-0.2, -0.15) is 13.2 Å². The number of carboxylic acid groups (broad SMARTS) is 1. The van der Waals surface area contributed by atoms with Crippen LogP contribution in [0.5, 0.6) is 5.75 Å². The number of aryl methyl sites for hydroxylation is 1. The number of aliphatic carboxylic acids is 1. The van der Waals surface area contributed by atoms with Gasteiger partial charge in [-0.05, 0) is 49.2 Å². The summed E-state index contributed by atoms with van der Waals surface area (Å²) in [6, 6.07) is 6.98. The largest absolute Gasteiger partial charge is 0.478 e. The first-order valence-corrected chi connectivity index (χ1v) is 10.1. The van der Waals surface area contributed by atoms with Crippen molar-refractivity contribution in [1.82, 2.24) is 4.57 Å². The number of alkyl halides is 3. The van der Waals surface area contributed by atoms with E-state index in [2.05, 4.69) is 0 Å². The third-order valence-electron chi connectivity index (χ3n) is 5.62. The fraction of sp³-hybridized carbons (Fsp3) is 0.364. The lowest BCUT2D eigenvalue weighted by molar-refractivity contribution is -0.274. The topological polar surface area (TPSA) is 102 Å². The van der Waals surface area contributed by atoms with Gasteiger partial charge in [0.2, 0.25) is 0 Å². The number of carbonyl (C=O) groups is 1. The van der Waals surface area contributed by atoms with E-state index >= 15 is 0 Å². The molecule has 178 valence electrons. The van der Waals surface area contributed by atoms with Crippen LogP contribution in [0.15, 0.2) is 45.6 Å². The van der Waals surface area contributed by atoms with Crippen molar-refractivity contribution in [3.8, 4) is 5.75 Å². The third-order valence-corrected chi connectivity index (χ3v) is 5.94. The highest BCUT2D eigenvalue weighted by atomic mass is 35.5. The van der Waals surface area contributed by atoms with E-state index in [1.165, 1.54) is 45.2 Å². The van der Waals surface area contributed by atoms with Crippen LogP contribution < -0.4 is 10.5 Å². The summed E-state index contributed by atoms with van der Waals surface area (Å²) in [6.45, 7) is 3.78. The van der Waals surface area contributed by atoms with Gasteiger partial charge in [0, 0.05) is 18.0 Å². The number of hydrogen-bond acceptors (Lipinski definition) is 5. The van der Waals surface area contributed by atoms with Crippen molar-refractivity contribution in [1.29, 1.82) is 0 Å². The Hall–Kier alpha value is -2.98. The van der Waals surface area contributed by atoms with E-state index in [0.717, 1.165) is 23.6 Å². The van der Waals surface area contributed by atoms with Crippen LogP contribution in [0.2, 0.25) is 5.02 Å². The van der Waals surface area contributed by atoms with E-state index in [1.807, 2.05) is 0 Å². The molecule has 0 unspecified atom stereocenters. The Kier molecular flexibility index (Phi) is 6.06. The molecule has 2 atom stereocenters. The summed E-state index contributed by atoms with van der Waals surface area (Å²) in [4.78, 5) is 23.0. The van der Waals surface area contributed by atoms with E-state index in [4.69, 9.17) is 20.8 Å². The number of rotatable bonds is 6. The fourth-order valence-corrected chi connectivity index (χ4v) is 3.84. The summed E-state index contributed by atoms with van der Waals surface area (Å²) >= 11 is 6.23. The van der Waals surface area contributed by atoms with Crippen LogP contribution in [0.4, 0.5) is 13.2 Å². The molecular formula is C22H21ClF3NO6. The van der Waals surface area contributed by atoms with Gasteiger partial charge in [0.25, 0.3) is 0 Å². The highest BCUT2D eigenvalue weighted by Gasteiger charge is 2.59. The van der Waals surface area contributed by atoms with Crippen LogP contribution in [0.25, 0.3) is 11.1 Å². The molecule has 0 aliphatic carbocycles. The zero-order valence-electron chi connectivity index (χ0n) is 18.0. The minimum Gasteiger partial charge on any atom is -0.478 e. The van der Waals surface area contributed by atoms with Crippen LogP contribution in [0.1, 0.15) is 37.8 Å². The first-order chi connectivity index (χ1) is 15.1. The van der Waals surface area contributed by atoms with Crippen LogP contribution in [0, 0.1) is 0 Å². The van der Waals surface area contributed by atoms with Gasteiger partial charge in [-0.3, -0.25) is 4.57 Å². The highest BCUT2D eigenvalue weighted by molar-refractivity contribution is 6.31. The average Bonchev–Trinajstić information content (AvgIpc) is 2.99. The summed E-state index contributed by atoms with van der Waals surface area (Å²) in [7, 11) is 1.34. The van der Waals surface area contributed by atoms with Crippen molar-refractivity contribution in [3.05, 3.63) is 63.1 Å². The number of aromatic nitrogens is 1. The maximum Gasteiger partial charge on any atom is 0.422 e. The molecule has 0 amide bonds. The van der Waals surface area contributed by atoms with Crippen molar-refractivity contribution in [2.45, 2.75) is 44.1 Å². The molecule has 0 aliphatic rings. The molecule has 1 aromatic heterocycles. The zero-order valence-corrected chi connectivity index (χ0v) is 18.8. The third kappa shape index (κ3) is 4.20. The number of ether oxygens (including phenoxy) is 1. The molecule has 0 spiro atoms. The molecule has 33 heavy (non-hydrogen) atoms.